The zero-order chi connectivity index (χ0) is 32.0. The fourth-order valence-electron chi connectivity index (χ4n) is 10.2. The van der Waals surface area contributed by atoms with Crippen molar-refractivity contribution in [2.45, 2.75) is 106 Å². The Morgan fingerprint density at radius 3 is 2.14 bits per heavy atom. The van der Waals surface area contributed by atoms with Gasteiger partial charge < -0.3 is 5.11 Å². The quantitative estimate of drug-likeness (QED) is 0.193. The highest BCUT2D eigenvalue weighted by molar-refractivity contribution is 6.42. The summed E-state index contributed by atoms with van der Waals surface area (Å²) in [6.07, 6.45) is 7.19. The molecule has 232 valence electrons. The van der Waals surface area contributed by atoms with E-state index in [-0.39, 0.29) is 36.4 Å². The van der Waals surface area contributed by atoms with Crippen LogP contribution in [0.1, 0.15) is 111 Å². The molecule has 43 heavy (non-hydrogen) atoms. The van der Waals surface area contributed by atoms with Gasteiger partial charge in [-0.2, -0.15) is 0 Å². The van der Waals surface area contributed by atoms with Crippen LogP contribution in [0.5, 0.6) is 0 Å². The minimum absolute atomic E-state index is 0.163. The van der Waals surface area contributed by atoms with Crippen LogP contribution in [0.15, 0.2) is 53.6 Å². The van der Waals surface area contributed by atoms with E-state index in [2.05, 4.69) is 33.8 Å². The normalized spacial score (nSPS) is 36.0. The van der Waals surface area contributed by atoms with Gasteiger partial charge in [-0.15, -0.1) is 0 Å². The van der Waals surface area contributed by atoms with E-state index in [1.807, 2.05) is 32.9 Å². The first-order valence-electron chi connectivity index (χ1n) is 16.1. The number of hydrogen-bond donors (Lipinski definition) is 1. The molecule has 1 aromatic carbocycles. The average molecular weight is 587 g/mol. The molecule has 0 aliphatic heterocycles. The Morgan fingerprint density at radius 2 is 1.56 bits per heavy atom. The minimum atomic E-state index is -1.96. The van der Waals surface area contributed by atoms with Crippen LogP contribution in [-0.2, 0) is 14.4 Å². The second-order valence-electron chi connectivity index (χ2n) is 16.2. The fraction of sp³-hybridized carbons (Fsp3) is 0.632. The van der Waals surface area contributed by atoms with Crippen molar-refractivity contribution < 1.29 is 24.3 Å². The molecule has 5 heteroatoms. The molecule has 0 unspecified atom stereocenters. The monoisotopic (exact) mass is 586 g/mol. The Bertz CT molecular complexity index is 1430. The second kappa shape index (κ2) is 9.92. The Labute approximate surface area is 257 Å². The van der Waals surface area contributed by atoms with E-state index in [9.17, 15) is 9.90 Å². The van der Waals surface area contributed by atoms with Gasteiger partial charge in [0.05, 0.1) is 16.4 Å². The van der Waals surface area contributed by atoms with Gasteiger partial charge >= 0.3 is 0 Å². The van der Waals surface area contributed by atoms with Crippen LogP contribution >= 0.6 is 0 Å². The topological polar surface area (TPSA) is 88.5 Å². The molecular formula is C38H50O5. The van der Waals surface area contributed by atoms with Crippen LogP contribution < -0.4 is 0 Å². The molecule has 1 aromatic rings. The lowest BCUT2D eigenvalue weighted by molar-refractivity contribution is -0.181. The Kier molecular flexibility index (Phi) is 7.33. The van der Waals surface area contributed by atoms with Gasteiger partial charge in [0.1, 0.15) is 0 Å². The van der Waals surface area contributed by atoms with Gasteiger partial charge in [-0.05, 0) is 102 Å². The zero-order valence-corrected chi connectivity index (χ0v) is 27.6. The van der Waals surface area contributed by atoms with Crippen molar-refractivity contribution >= 4 is 23.1 Å². The molecule has 5 aliphatic rings. The lowest BCUT2D eigenvalue weighted by Gasteiger charge is -2.60. The van der Waals surface area contributed by atoms with E-state index in [4.69, 9.17) is 0 Å². The standard InChI is InChI=1S/C38H50O5/c1-23(2)14-13-15-24(3)18-19-36-21-26-20-27-33(4,5)28(35(8,9)43)22-37(27,30(36)40)32(42)38(31(36)41,34(26,6)7)29(39)25-16-11-10-12-17-25/h10-12,14,16-18,26-28,43H,13,15,19-22H2,1-9H3/t26-,27-,28-,36-,37+,38-/m0/s1. The van der Waals surface area contributed by atoms with Crippen molar-refractivity contribution in [2.75, 3.05) is 0 Å². The number of aliphatic hydroxyl groups is 1. The third-order valence-corrected chi connectivity index (χ3v) is 12.5. The molecule has 5 fully saturated rings. The van der Waals surface area contributed by atoms with E-state index in [0.717, 1.165) is 18.4 Å². The zero-order valence-electron chi connectivity index (χ0n) is 27.6. The van der Waals surface area contributed by atoms with Gasteiger partial charge in [0.2, 0.25) is 0 Å². The van der Waals surface area contributed by atoms with Crippen molar-refractivity contribution in [3.8, 4) is 0 Å². The lowest BCUT2D eigenvalue weighted by Crippen LogP contribution is -2.75. The number of ketones is 4. The summed E-state index contributed by atoms with van der Waals surface area (Å²) in [4.78, 5) is 60.8. The van der Waals surface area contributed by atoms with E-state index in [0.29, 0.717) is 18.4 Å². The molecule has 6 atom stereocenters. The number of hydrogen-bond acceptors (Lipinski definition) is 5. The molecule has 4 bridgehead atoms. The van der Waals surface area contributed by atoms with Crippen molar-refractivity contribution in [3.05, 3.63) is 59.2 Å². The summed E-state index contributed by atoms with van der Waals surface area (Å²) >= 11 is 0. The summed E-state index contributed by atoms with van der Waals surface area (Å²) in [6, 6.07) is 8.69. The molecule has 0 radical (unpaired) electrons. The van der Waals surface area contributed by atoms with Crippen molar-refractivity contribution in [1.82, 2.24) is 0 Å². The number of carbonyl (C=O) groups excluding carboxylic acids is 4. The summed E-state index contributed by atoms with van der Waals surface area (Å²) < 4.78 is 0. The fourth-order valence-corrected chi connectivity index (χ4v) is 10.2. The van der Waals surface area contributed by atoms with E-state index < -0.39 is 50.0 Å². The minimum Gasteiger partial charge on any atom is -0.390 e. The molecule has 5 aliphatic carbocycles. The van der Waals surface area contributed by atoms with Crippen molar-refractivity contribution in [1.29, 1.82) is 0 Å². The van der Waals surface area contributed by atoms with Gasteiger partial charge in [0.25, 0.3) is 0 Å². The van der Waals surface area contributed by atoms with Crippen LogP contribution in [-0.4, -0.2) is 33.8 Å². The number of rotatable bonds is 8. The highest BCUT2D eigenvalue weighted by atomic mass is 16.3. The molecular weight excluding hydrogens is 536 g/mol. The van der Waals surface area contributed by atoms with Crippen LogP contribution in [0.3, 0.4) is 0 Å². The van der Waals surface area contributed by atoms with E-state index in [1.54, 1.807) is 38.1 Å². The van der Waals surface area contributed by atoms with Gasteiger partial charge in [-0.25, -0.2) is 0 Å². The maximum absolute atomic E-state index is 15.5. The molecule has 0 heterocycles. The maximum atomic E-state index is 15.5. The summed E-state index contributed by atoms with van der Waals surface area (Å²) in [5, 5.41) is 11.4. The van der Waals surface area contributed by atoms with Crippen LogP contribution in [0.2, 0.25) is 0 Å². The summed E-state index contributed by atoms with van der Waals surface area (Å²) in [5.41, 5.74) is -4.92. The van der Waals surface area contributed by atoms with E-state index >= 15 is 14.4 Å². The molecule has 5 nitrogen and oxygen atoms in total. The Morgan fingerprint density at radius 1 is 0.930 bits per heavy atom. The highest BCUT2D eigenvalue weighted by Crippen LogP contribution is 2.77. The van der Waals surface area contributed by atoms with Crippen molar-refractivity contribution in [3.63, 3.8) is 0 Å². The summed E-state index contributed by atoms with van der Waals surface area (Å²) in [6.45, 7) is 17.7. The molecule has 0 saturated heterocycles. The van der Waals surface area contributed by atoms with Gasteiger partial charge in [0, 0.05) is 5.56 Å². The first-order chi connectivity index (χ1) is 19.8. The molecule has 5 saturated carbocycles. The Balaban J connectivity index is 1.78. The van der Waals surface area contributed by atoms with Gasteiger partial charge in [-0.1, -0.05) is 81.3 Å². The average Bonchev–Trinajstić information content (AvgIpc) is 3.07. The maximum Gasteiger partial charge on any atom is 0.184 e. The summed E-state index contributed by atoms with van der Waals surface area (Å²) in [7, 11) is 0. The largest absolute Gasteiger partial charge is 0.390 e. The van der Waals surface area contributed by atoms with Crippen LogP contribution in [0.25, 0.3) is 0 Å². The predicted molar refractivity (Wildman–Crippen MR) is 168 cm³/mol. The molecule has 0 amide bonds. The van der Waals surface area contributed by atoms with Crippen molar-refractivity contribution in [2.24, 2.45) is 44.8 Å². The first-order valence-corrected chi connectivity index (χ1v) is 16.1. The lowest BCUT2D eigenvalue weighted by atomic mass is 9.37. The number of benzene rings is 1. The third-order valence-electron chi connectivity index (χ3n) is 12.5. The van der Waals surface area contributed by atoms with Gasteiger partial charge in [0.15, 0.2) is 28.5 Å². The van der Waals surface area contributed by atoms with Gasteiger partial charge in [-0.3, -0.25) is 19.2 Å². The first kappa shape index (κ1) is 31.8. The second-order valence-corrected chi connectivity index (χ2v) is 16.2. The molecule has 1 N–H and O–H groups in total. The summed E-state index contributed by atoms with van der Waals surface area (Å²) in [5.74, 6) is -2.67. The smallest absolute Gasteiger partial charge is 0.184 e. The molecule has 1 spiro atoms. The van der Waals surface area contributed by atoms with Crippen LogP contribution in [0, 0.1) is 44.8 Å². The highest BCUT2D eigenvalue weighted by Gasteiger charge is 2.86. The Hall–Kier alpha value is -2.66. The predicted octanol–water partition coefficient (Wildman–Crippen LogP) is 7.52. The SMILES string of the molecule is CC(C)=CCCC(C)=CC[C@]12C[C@@H]3C[C@H]4C(C)(C)[C@@H](C(C)(C)O)C[C@@]4(C1=O)C(=O)[C@](C(=O)c1ccccc1)(C2=O)C3(C)C. The number of Topliss-reactive ketones (excluding diaryl/α,β-unsaturated/α-hetero) is 4. The van der Waals surface area contributed by atoms with Crippen LogP contribution in [0.4, 0.5) is 0 Å². The van der Waals surface area contributed by atoms with E-state index in [1.165, 1.54) is 5.57 Å². The number of carbonyl (C=O) groups is 4. The molecule has 0 aromatic heterocycles. The molecule has 6 rings (SSSR count). The number of allylic oxidation sites excluding steroid dienone is 4. The third kappa shape index (κ3) is 4.05.